The Morgan fingerprint density at radius 2 is 2.19 bits per heavy atom. The molecule has 1 fully saturated rings. The number of morpholine rings is 1. The Morgan fingerprint density at radius 3 is 3.00 bits per heavy atom. The molecule has 0 aliphatic carbocycles. The number of carbonyl (C=O) groups is 1. The van der Waals surface area contributed by atoms with Crippen molar-refractivity contribution in [3.63, 3.8) is 0 Å². The molecule has 1 N–H and O–H groups in total. The number of H-pyrrole nitrogens is 1. The predicted molar refractivity (Wildman–Crippen MR) is 95.5 cm³/mol. The van der Waals surface area contributed by atoms with Gasteiger partial charge in [-0.25, -0.2) is 14.8 Å². The molecule has 0 spiro atoms. The molecule has 2 aromatic heterocycles. The van der Waals surface area contributed by atoms with E-state index < -0.39 is 0 Å². The maximum absolute atomic E-state index is 12.4. The normalized spacial score (nSPS) is 17.4. The molecule has 1 aromatic carbocycles. The quantitative estimate of drug-likeness (QED) is 0.784. The van der Waals surface area contributed by atoms with Gasteiger partial charge in [0.1, 0.15) is 24.1 Å². The number of aryl methyl sites for hydroxylation is 1. The lowest BCUT2D eigenvalue weighted by atomic mass is 10.2. The van der Waals surface area contributed by atoms with E-state index in [0.29, 0.717) is 31.2 Å². The molecule has 0 bridgehead atoms. The third-order valence-corrected chi connectivity index (χ3v) is 4.39. The Balaban J connectivity index is 1.39. The van der Waals surface area contributed by atoms with Crippen LogP contribution in [0.2, 0.25) is 0 Å². The number of hydrogen-bond donors (Lipinski definition) is 1. The van der Waals surface area contributed by atoms with Crippen molar-refractivity contribution in [1.82, 2.24) is 19.9 Å². The lowest BCUT2D eigenvalue weighted by Crippen LogP contribution is -2.42. The number of pyridine rings is 1. The Bertz CT molecular complexity index is 874. The second-order valence-electron chi connectivity index (χ2n) is 6.34. The molecule has 0 radical (unpaired) electrons. The van der Waals surface area contributed by atoms with Crippen LogP contribution in [0, 0.1) is 6.92 Å². The minimum absolute atomic E-state index is 0.260. The van der Waals surface area contributed by atoms with Crippen molar-refractivity contribution in [2.45, 2.75) is 19.6 Å². The Hall–Kier alpha value is -2.93. The number of nitrogens with zero attached hydrogens (tertiary/aromatic N) is 3. The molecule has 1 saturated heterocycles. The zero-order valence-corrected chi connectivity index (χ0v) is 14.5. The molecule has 7 heteroatoms. The Kier molecular flexibility index (Phi) is 4.53. The summed E-state index contributed by atoms with van der Waals surface area (Å²) < 4.78 is 11.2. The van der Waals surface area contributed by atoms with Gasteiger partial charge in [0, 0.05) is 12.7 Å². The van der Waals surface area contributed by atoms with Gasteiger partial charge in [0.25, 0.3) is 0 Å². The largest absolute Gasteiger partial charge is 0.445 e. The maximum atomic E-state index is 12.4. The summed E-state index contributed by atoms with van der Waals surface area (Å²) in [6.07, 6.45) is 1.05. The summed E-state index contributed by atoms with van der Waals surface area (Å²) in [6.45, 7) is 3.62. The van der Waals surface area contributed by atoms with Crippen LogP contribution in [0.5, 0.6) is 0 Å². The van der Waals surface area contributed by atoms with Crippen LogP contribution in [0.3, 0.4) is 0 Å². The summed E-state index contributed by atoms with van der Waals surface area (Å²) in [4.78, 5) is 26.0. The first-order valence-electron chi connectivity index (χ1n) is 8.58. The van der Waals surface area contributed by atoms with E-state index in [1.165, 1.54) is 5.56 Å². The minimum Gasteiger partial charge on any atom is -0.445 e. The van der Waals surface area contributed by atoms with Gasteiger partial charge in [-0.1, -0.05) is 29.8 Å². The van der Waals surface area contributed by atoms with Gasteiger partial charge >= 0.3 is 6.09 Å². The van der Waals surface area contributed by atoms with Crippen LogP contribution in [-0.4, -0.2) is 45.6 Å². The van der Waals surface area contributed by atoms with Gasteiger partial charge in [0.05, 0.1) is 13.2 Å². The number of aromatic nitrogens is 3. The fourth-order valence-electron chi connectivity index (χ4n) is 2.92. The standard InChI is InChI=1S/C19H20N4O3/c1-13-4-6-14(7-5-13)12-26-19(24)23-9-10-25-16(11-23)18-21-15-3-2-8-20-17(15)22-18/h2-8,16H,9-12H2,1H3,(H,20,21,22)/t16-/m0/s1. The molecule has 1 aliphatic rings. The monoisotopic (exact) mass is 352 g/mol. The van der Waals surface area contributed by atoms with E-state index in [-0.39, 0.29) is 18.8 Å². The van der Waals surface area contributed by atoms with Gasteiger partial charge in [-0.15, -0.1) is 0 Å². The summed E-state index contributed by atoms with van der Waals surface area (Å²) >= 11 is 0. The highest BCUT2D eigenvalue weighted by atomic mass is 16.6. The minimum atomic E-state index is -0.340. The Labute approximate surface area is 151 Å². The molecule has 26 heavy (non-hydrogen) atoms. The van der Waals surface area contributed by atoms with Crippen LogP contribution in [0.4, 0.5) is 4.79 Å². The Morgan fingerprint density at radius 1 is 1.35 bits per heavy atom. The molecule has 3 aromatic rings. The molecular formula is C19H20N4O3. The van der Waals surface area contributed by atoms with Gasteiger partial charge < -0.3 is 19.4 Å². The molecule has 0 saturated carbocycles. The van der Waals surface area contributed by atoms with Crippen LogP contribution < -0.4 is 0 Å². The molecule has 7 nitrogen and oxygen atoms in total. The molecule has 1 atom stereocenters. The van der Waals surface area contributed by atoms with Gasteiger partial charge in [-0.2, -0.15) is 0 Å². The molecular weight excluding hydrogens is 332 g/mol. The first kappa shape index (κ1) is 16.5. The van der Waals surface area contributed by atoms with Crippen molar-refractivity contribution in [2.24, 2.45) is 0 Å². The highest BCUT2D eigenvalue weighted by Crippen LogP contribution is 2.22. The van der Waals surface area contributed by atoms with Crippen molar-refractivity contribution in [3.8, 4) is 0 Å². The first-order valence-corrected chi connectivity index (χ1v) is 8.58. The number of benzene rings is 1. The van der Waals surface area contributed by atoms with Crippen LogP contribution in [0.1, 0.15) is 23.1 Å². The lowest BCUT2D eigenvalue weighted by molar-refractivity contribution is -0.0330. The van der Waals surface area contributed by atoms with Gasteiger partial charge in [0.15, 0.2) is 5.65 Å². The number of imidazole rings is 1. The molecule has 134 valence electrons. The van der Waals surface area contributed by atoms with E-state index in [0.717, 1.165) is 11.1 Å². The van der Waals surface area contributed by atoms with Crippen molar-refractivity contribution in [2.75, 3.05) is 19.7 Å². The highest BCUT2D eigenvalue weighted by Gasteiger charge is 2.28. The summed E-state index contributed by atoms with van der Waals surface area (Å²) in [5.41, 5.74) is 3.64. The number of hydrogen-bond acceptors (Lipinski definition) is 5. The van der Waals surface area contributed by atoms with E-state index in [1.807, 2.05) is 43.3 Å². The van der Waals surface area contributed by atoms with Crippen LogP contribution in [0.25, 0.3) is 11.2 Å². The summed E-state index contributed by atoms with van der Waals surface area (Å²) in [7, 11) is 0. The number of rotatable bonds is 3. The van der Waals surface area contributed by atoms with Gasteiger partial charge in [-0.05, 0) is 24.6 Å². The second kappa shape index (κ2) is 7.13. The van der Waals surface area contributed by atoms with Crippen molar-refractivity contribution >= 4 is 17.3 Å². The fraction of sp³-hybridized carbons (Fsp3) is 0.316. The number of nitrogens with one attached hydrogen (secondary N) is 1. The van der Waals surface area contributed by atoms with Crippen LogP contribution in [0.15, 0.2) is 42.6 Å². The van der Waals surface area contributed by atoms with Crippen LogP contribution in [-0.2, 0) is 16.1 Å². The predicted octanol–water partition coefficient (Wildman–Crippen LogP) is 2.98. The molecule has 3 heterocycles. The van der Waals surface area contributed by atoms with E-state index >= 15 is 0 Å². The number of ether oxygens (including phenoxy) is 2. The van der Waals surface area contributed by atoms with Crippen molar-refractivity contribution in [3.05, 3.63) is 59.5 Å². The number of amides is 1. The van der Waals surface area contributed by atoms with Crippen LogP contribution >= 0.6 is 0 Å². The summed E-state index contributed by atoms with van der Waals surface area (Å²) in [5, 5.41) is 0. The highest BCUT2D eigenvalue weighted by molar-refractivity contribution is 5.70. The second-order valence-corrected chi connectivity index (χ2v) is 6.34. The van der Waals surface area contributed by atoms with Gasteiger partial charge in [-0.3, -0.25) is 0 Å². The van der Waals surface area contributed by atoms with E-state index in [1.54, 1.807) is 11.1 Å². The third-order valence-electron chi connectivity index (χ3n) is 4.39. The number of carbonyl (C=O) groups excluding carboxylic acids is 1. The maximum Gasteiger partial charge on any atom is 0.410 e. The van der Waals surface area contributed by atoms with E-state index in [4.69, 9.17) is 9.47 Å². The lowest BCUT2D eigenvalue weighted by Gasteiger charge is -2.31. The average Bonchev–Trinajstić information content (AvgIpc) is 3.12. The van der Waals surface area contributed by atoms with Gasteiger partial charge in [0.2, 0.25) is 0 Å². The number of aromatic amines is 1. The molecule has 1 aliphatic heterocycles. The molecule has 1 amide bonds. The van der Waals surface area contributed by atoms with E-state index in [9.17, 15) is 4.79 Å². The SMILES string of the molecule is Cc1ccc(COC(=O)N2CCO[C@H](c3nc4cccnc4[nH]3)C2)cc1. The van der Waals surface area contributed by atoms with E-state index in [2.05, 4.69) is 15.0 Å². The molecule has 4 rings (SSSR count). The fourth-order valence-corrected chi connectivity index (χ4v) is 2.92. The topological polar surface area (TPSA) is 80.3 Å². The zero-order chi connectivity index (χ0) is 17.9. The molecule has 0 unspecified atom stereocenters. The van der Waals surface area contributed by atoms with Crippen molar-refractivity contribution in [1.29, 1.82) is 0 Å². The zero-order valence-electron chi connectivity index (χ0n) is 14.5. The first-order chi connectivity index (χ1) is 12.7. The summed E-state index contributed by atoms with van der Waals surface area (Å²) in [5.74, 6) is 0.676. The summed E-state index contributed by atoms with van der Waals surface area (Å²) in [6, 6.07) is 11.7. The number of fused-ring (bicyclic) bond motifs is 1. The third kappa shape index (κ3) is 3.52. The van der Waals surface area contributed by atoms with Crippen molar-refractivity contribution < 1.29 is 14.3 Å². The average molecular weight is 352 g/mol. The smallest absolute Gasteiger partial charge is 0.410 e.